The van der Waals surface area contributed by atoms with Crippen LogP contribution < -0.4 is 0 Å². The van der Waals surface area contributed by atoms with Crippen molar-refractivity contribution >= 4 is 29.3 Å². The molecule has 1 aromatic rings. The monoisotopic (exact) mass is 241 g/mol. The van der Waals surface area contributed by atoms with Gasteiger partial charge < -0.3 is 5.11 Å². The maximum absolute atomic E-state index is 10.6. The number of hydrogen-bond acceptors (Lipinski definition) is 3. The molecule has 0 saturated carbocycles. The second-order valence-electron chi connectivity index (χ2n) is 3.09. The largest absolute Gasteiger partial charge is 0.478 e. The number of nitrogens with zero attached hydrogens (tertiary/aromatic N) is 1. The SMILES string of the molecule is Cc1cc(Cl)c(/C=C/C(=O)O)cc1[N+](=O)[O-]. The standard InChI is InChI=1S/C10H8ClNO4/c1-6-4-8(11)7(2-3-10(13)14)5-9(6)12(15)16/h2-5H,1H3,(H,13,14)/b3-2+. The summed E-state index contributed by atoms with van der Waals surface area (Å²) in [4.78, 5) is 20.4. The lowest BCUT2D eigenvalue weighted by Gasteiger charge is -2.01. The number of rotatable bonds is 3. The molecule has 0 heterocycles. The molecule has 0 atom stereocenters. The maximum atomic E-state index is 10.6. The molecule has 0 aromatic heterocycles. The summed E-state index contributed by atoms with van der Waals surface area (Å²) in [5.74, 6) is -1.14. The Hall–Kier alpha value is -1.88. The van der Waals surface area contributed by atoms with Crippen molar-refractivity contribution in [3.05, 3.63) is 44.5 Å². The summed E-state index contributed by atoms with van der Waals surface area (Å²) in [5, 5.41) is 19.4. The first-order chi connectivity index (χ1) is 7.41. The van der Waals surface area contributed by atoms with Crippen molar-refractivity contribution in [1.82, 2.24) is 0 Å². The van der Waals surface area contributed by atoms with Crippen LogP contribution in [0.3, 0.4) is 0 Å². The average Bonchev–Trinajstić information content (AvgIpc) is 2.15. The molecule has 1 N–H and O–H groups in total. The molecule has 0 saturated heterocycles. The normalized spacial score (nSPS) is 10.6. The highest BCUT2D eigenvalue weighted by Crippen LogP contribution is 2.27. The number of carbonyl (C=O) groups is 1. The van der Waals surface area contributed by atoms with Gasteiger partial charge in [0.05, 0.1) is 4.92 Å². The Morgan fingerprint density at radius 3 is 2.69 bits per heavy atom. The van der Waals surface area contributed by atoms with E-state index in [1.165, 1.54) is 18.2 Å². The number of aliphatic carboxylic acids is 1. The number of aryl methyl sites for hydroxylation is 1. The van der Waals surface area contributed by atoms with Gasteiger partial charge in [-0.15, -0.1) is 0 Å². The number of carboxylic acid groups (broad SMARTS) is 1. The first-order valence-corrected chi connectivity index (χ1v) is 4.65. The van der Waals surface area contributed by atoms with Crippen LogP contribution in [0.25, 0.3) is 6.08 Å². The number of nitro benzene ring substituents is 1. The highest BCUT2D eigenvalue weighted by molar-refractivity contribution is 6.32. The lowest BCUT2D eigenvalue weighted by Crippen LogP contribution is -1.93. The van der Waals surface area contributed by atoms with E-state index >= 15 is 0 Å². The van der Waals surface area contributed by atoms with Crippen molar-refractivity contribution in [2.75, 3.05) is 0 Å². The topological polar surface area (TPSA) is 80.4 Å². The van der Waals surface area contributed by atoms with Crippen LogP contribution >= 0.6 is 11.6 Å². The van der Waals surface area contributed by atoms with Gasteiger partial charge in [0.15, 0.2) is 0 Å². The van der Waals surface area contributed by atoms with Crippen LogP contribution in [0, 0.1) is 17.0 Å². The van der Waals surface area contributed by atoms with E-state index in [1.807, 2.05) is 0 Å². The van der Waals surface area contributed by atoms with Gasteiger partial charge in [0.1, 0.15) is 0 Å². The Morgan fingerprint density at radius 2 is 2.19 bits per heavy atom. The highest BCUT2D eigenvalue weighted by atomic mass is 35.5. The Morgan fingerprint density at radius 1 is 1.56 bits per heavy atom. The molecule has 84 valence electrons. The third-order valence-corrected chi connectivity index (χ3v) is 2.24. The molecule has 0 radical (unpaired) electrons. The van der Waals surface area contributed by atoms with Gasteiger partial charge >= 0.3 is 5.97 Å². The van der Waals surface area contributed by atoms with Gasteiger partial charge in [-0.25, -0.2) is 4.79 Å². The van der Waals surface area contributed by atoms with Crippen LogP contribution in [0.2, 0.25) is 5.02 Å². The molecule has 0 bridgehead atoms. The third kappa shape index (κ3) is 2.80. The summed E-state index contributed by atoms with van der Waals surface area (Å²) in [6, 6.07) is 2.68. The van der Waals surface area contributed by atoms with E-state index in [0.717, 1.165) is 6.08 Å². The smallest absolute Gasteiger partial charge is 0.328 e. The van der Waals surface area contributed by atoms with E-state index in [0.29, 0.717) is 11.1 Å². The quantitative estimate of drug-likeness (QED) is 0.501. The second kappa shape index (κ2) is 4.76. The highest BCUT2D eigenvalue weighted by Gasteiger charge is 2.13. The molecule has 0 unspecified atom stereocenters. The average molecular weight is 242 g/mol. The minimum absolute atomic E-state index is 0.0885. The summed E-state index contributed by atoms with van der Waals surface area (Å²) in [6.07, 6.45) is 2.09. The Kier molecular flexibility index (Phi) is 3.63. The van der Waals surface area contributed by atoms with Crippen molar-refractivity contribution in [2.45, 2.75) is 6.92 Å². The predicted molar refractivity (Wildman–Crippen MR) is 59.5 cm³/mol. The van der Waals surface area contributed by atoms with Crippen LogP contribution in [-0.2, 0) is 4.79 Å². The first-order valence-electron chi connectivity index (χ1n) is 4.27. The fourth-order valence-electron chi connectivity index (χ4n) is 1.16. The van der Waals surface area contributed by atoms with Crippen LogP contribution in [0.15, 0.2) is 18.2 Å². The lowest BCUT2D eigenvalue weighted by molar-refractivity contribution is -0.385. The molecule has 0 aliphatic heterocycles. The zero-order valence-electron chi connectivity index (χ0n) is 8.31. The molecule has 1 rings (SSSR count). The van der Waals surface area contributed by atoms with E-state index in [-0.39, 0.29) is 10.7 Å². The number of hydrogen-bond donors (Lipinski definition) is 1. The van der Waals surface area contributed by atoms with Crippen molar-refractivity contribution in [2.24, 2.45) is 0 Å². The Bertz CT molecular complexity index is 482. The van der Waals surface area contributed by atoms with Gasteiger partial charge in [0, 0.05) is 28.3 Å². The molecule has 1 aromatic carbocycles. The van der Waals surface area contributed by atoms with E-state index in [1.54, 1.807) is 6.92 Å². The van der Waals surface area contributed by atoms with Gasteiger partial charge in [-0.1, -0.05) is 11.6 Å². The molecule has 0 spiro atoms. The zero-order valence-corrected chi connectivity index (χ0v) is 9.06. The Labute approximate surface area is 96.1 Å². The molecule has 6 heteroatoms. The van der Waals surface area contributed by atoms with Crippen LogP contribution in [0.1, 0.15) is 11.1 Å². The van der Waals surface area contributed by atoms with E-state index < -0.39 is 10.9 Å². The molecular formula is C10H8ClNO4. The van der Waals surface area contributed by atoms with E-state index in [2.05, 4.69) is 0 Å². The van der Waals surface area contributed by atoms with Crippen LogP contribution in [-0.4, -0.2) is 16.0 Å². The molecular weight excluding hydrogens is 234 g/mol. The number of carboxylic acids is 1. The minimum atomic E-state index is -1.14. The predicted octanol–water partition coefficient (Wildman–Crippen LogP) is 2.65. The van der Waals surface area contributed by atoms with Crippen molar-refractivity contribution in [1.29, 1.82) is 0 Å². The lowest BCUT2D eigenvalue weighted by atomic mass is 10.1. The fourth-order valence-corrected chi connectivity index (χ4v) is 1.44. The molecule has 5 nitrogen and oxygen atoms in total. The summed E-state index contributed by atoms with van der Waals surface area (Å²) in [6.45, 7) is 1.56. The van der Waals surface area contributed by atoms with Gasteiger partial charge in [0.2, 0.25) is 0 Å². The van der Waals surface area contributed by atoms with E-state index in [9.17, 15) is 14.9 Å². The summed E-state index contributed by atoms with van der Waals surface area (Å²) < 4.78 is 0. The van der Waals surface area contributed by atoms with Gasteiger partial charge in [-0.3, -0.25) is 10.1 Å². The van der Waals surface area contributed by atoms with Crippen LogP contribution in [0.5, 0.6) is 0 Å². The second-order valence-corrected chi connectivity index (χ2v) is 3.50. The zero-order chi connectivity index (χ0) is 12.3. The molecule has 0 amide bonds. The van der Waals surface area contributed by atoms with Crippen LogP contribution in [0.4, 0.5) is 5.69 Å². The molecule has 0 fully saturated rings. The molecule has 0 aliphatic rings. The van der Waals surface area contributed by atoms with Gasteiger partial charge in [0.25, 0.3) is 5.69 Å². The summed E-state index contributed by atoms with van der Waals surface area (Å²) >= 11 is 5.82. The van der Waals surface area contributed by atoms with Crippen molar-refractivity contribution in [3.63, 3.8) is 0 Å². The third-order valence-electron chi connectivity index (χ3n) is 1.92. The van der Waals surface area contributed by atoms with Crippen molar-refractivity contribution in [3.8, 4) is 0 Å². The van der Waals surface area contributed by atoms with Crippen molar-refractivity contribution < 1.29 is 14.8 Å². The van der Waals surface area contributed by atoms with Gasteiger partial charge in [-0.05, 0) is 19.1 Å². The fraction of sp³-hybridized carbons (Fsp3) is 0.100. The molecule has 0 aliphatic carbocycles. The molecule has 16 heavy (non-hydrogen) atoms. The number of benzene rings is 1. The van der Waals surface area contributed by atoms with E-state index in [4.69, 9.17) is 16.7 Å². The first kappa shape index (κ1) is 12.2. The minimum Gasteiger partial charge on any atom is -0.478 e. The number of nitro groups is 1. The number of halogens is 1. The maximum Gasteiger partial charge on any atom is 0.328 e. The summed E-state index contributed by atoms with van der Waals surface area (Å²) in [7, 11) is 0. The summed E-state index contributed by atoms with van der Waals surface area (Å²) in [5.41, 5.74) is 0.651. The Balaban J connectivity index is 3.25. The van der Waals surface area contributed by atoms with Gasteiger partial charge in [-0.2, -0.15) is 0 Å².